The lowest BCUT2D eigenvalue weighted by Crippen LogP contribution is -2.44. The zero-order valence-corrected chi connectivity index (χ0v) is 18.3. The minimum atomic E-state index is -0.892. The van der Waals surface area contributed by atoms with Crippen LogP contribution in [-0.2, 0) is 16.1 Å². The van der Waals surface area contributed by atoms with Crippen LogP contribution in [0.25, 0.3) is 0 Å². The van der Waals surface area contributed by atoms with Crippen LogP contribution in [0.5, 0.6) is 5.75 Å². The van der Waals surface area contributed by atoms with Crippen LogP contribution < -0.4 is 15.0 Å². The Morgan fingerprint density at radius 1 is 1.16 bits per heavy atom. The predicted octanol–water partition coefficient (Wildman–Crippen LogP) is 4.01. The van der Waals surface area contributed by atoms with E-state index in [0.717, 1.165) is 25.9 Å². The highest BCUT2D eigenvalue weighted by Crippen LogP contribution is 2.42. The number of rotatable bonds is 5. The summed E-state index contributed by atoms with van der Waals surface area (Å²) < 4.78 is 34.3. The normalized spacial score (nSPS) is 18.8. The van der Waals surface area contributed by atoms with Crippen molar-refractivity contribution in [3.63, 3.8) is 0 Å². The van der Waals surface area contributed by atoms with Crippen molar-refractivity contribution in [2.45, 2.75) is 45.8 Å². The van der Waals surface area contributed by atoms with Crippen molar-refractivity contribution >= 4 is 23.2 Å². The monoisotopic (exact) mass is 443 g/mol. The van der Waals surface area contributed by atoms with Crippen molar-refractivity contribution in [3.8, 4) is 5.75 Å². The van der Waals surface area contributed by atoms with Crippen LogP contribution in [0, 0.1) is 18.6 Å². The molecule has 2 aromatic rings. The molecule has 2 aliphatic rings. The van der Waals surface area contributed by atoms with Gasteiger partial charge in [-0.25, -0.2) is 8.78 Å². The van der Waals surface area contributed by atoms with E-state index in [1.54, 1.807) is 32.0 Å². The number of carbonyl (C=O) groups excluding carboxylic acids is 2. The molecule has 170 valence electrons. The first-order valence-corrected chi connectivity index (χ1v) is 10.9. The van der Waals surface area contributed by atoms with Gasteiger partial charge in [0.05, 0.1) is 24.5 Å². The quantitative estimate of drug-likeness (QED) is 0.759. The largest absolute Gasteiger partial charge is 0.476 e. The summed E-state index contributed by atoms with van der Waals surface area (Å²) in [6.07, 6.45) is 2.39. The number of benzene rings is 2. The van der Waals surface area contributed by atoms with E-state index in [9.17, 15) is 14.0 Å². The Morgan fingerprint density at radius 3 is 2.53 bits per heavy atom. The molecular formula is C24H27F2N3O3. The maximum absolute atomic E-state index is 15.5. The first kappa shape index (κ1) is 22.2. The smallest absolute Gasteiger partial charge is 0.268 e. The van der Waals surface area contributed by atoms with Crippen molar-refractivity contribution in [1.82, 2.24) is 4.90 Å². The molecule has 2 aliphatic heterocycles. The fourth-order valence-corrected chi connectivity index (χ4v) is 4.21. The fraction of sp³-hybridized carbons (Fsp3) is 0.417. The zero-order chi connectivity index (χ0) is 22.8. The summed E-state index contributed by atoms with van der Waals surface area (Å²) in [5.74, 6) is -1.74. The Bertz CT molecular complexity index is 1020. The van der Waals surface area contributed by atoms with Crippen LogP contribution in [0.1, 0.15) is 37.3 Å². The summed E-state index contributed by atoms with van der Waals surface area (Å²) in [5.41, 5.74) is 1.55. The molecule has 4 rings (SSSR count). The molecule has 0 radical (unpaired) electrons. The average Bonchev–Trinajstić information content (AvgIpc) is 2.77. The molecule has 1 atom stereocenters. The number of nitrogens with zero attached hydrogens (tertiary/aromatic N) is 2. The van der Waals surface area contributed by atoms with Crippen LogP contribution in [-0.4, -0.2) is 42.5 Å². The highest BCUT2D eigenvalue weighted by molar-refractivity contribution is 6.01. The van der Waals surface area contributed by atoms with E-state index < -0.39 is 11.9 Å². The topological polar surface area (TPSA) is 61.9 Å². The van der Waals surface area contributed by atoms with Crippen LogP contribution >= 0.6 is 0 Å². The maximum atomic E-state index is 15.5. The number of fused-ring (bicyclic) bond motifs is 1. The van der Waals surface area contributed by atoms with Gasteiger partial charge in [0.15, 0.2) is 17.7 Å². The third kappa shape index (κ3) is 4.60. The number of halogens is 2. The second-order valence-electron chi connectivity index (χ2n) is 8.43. The molecule has 0 spiro atoms. The van der Waals surface area contributed by atoms with Crippen molar-refractivity contribution < 1.29 is 23.1 Å². The number of nitrogens with one attached hydrogen (secondary N) is 1. The van der Waals surface area contributed by atoms with Crippen LogP contribution in [0.2, 0.25) is 0 Å². The molecule has 6 nitrogen and oxygen atoms in total. The van der Waals surface area contributed by atoms with Crippen LogP contribution in [0.3, 0.4) is 0 Å². The molecule has 8 heteroatoms. The number of carbonyl (C=O) groups is 2. The summed E-state index contributed by atoms with van der Waals surface area (Å²) in [5, 5.41) is 2.69. The average molecular weight is 443 g/mol. The molecule has 1 N–H and O–H groups in total. The highest BCUT2D eigenvalue weighted by Gasteiger charge is 2.35. The van der Waals surface area contributed by atoms with Gasteiger partial charge in [-0.1, -0.05) is 18.6 Å². The lowest BCUT2D eigenvalue weighted by Gasteiger charge is -2.34. The summed E-state index contributed by atoms with van der Waals surface area (Å²) in [6, 6.07) is 7.44. The lowest BCUT2D eigenvalue weighted by atomic mass is 10.1. The van der Waals surface area contributed by atoms with Crippen molar-refractivity contribution in [1.29, 1.82) is 0 Å². The van der Waals surface area contributed by atoms with Gasteiger partial charge in [-0.3, -0.25) is 14.5 Å². The number of ether oxygens (including phenoxy) is 1. The highest BCUT2D eigenvalue weighted by atomic mass is 19.1. The molecule has 1 unspecified atom stereocenters. The Morgan fingerprint density at radius 2 is 1.84 bits per heavy atom. The Balaban J connectivity index is 1.60. The van der Waals surface area contributed by atoms with Crippen LogP contribution in [0.4, 0.5) is 20.2 Å². The summed E-state index contributed by atoms with van der Waals surface area (Å²) >= 11 is 0. The van der Waals surface area contributed by atoms with Gasteiger partial charge < -0.3 is 15.0 Å². The molecule has 0 saturated carbocycles. The maximum Gasteiger partial charge on any atom is 0.268 e. The number of hydrogen-bond acceptors (Lipinski definition) is 4. The Hall–Kier alpha value is -3.00. The van der Waals surface area contributed by atoms with Crippen molar-refractivity contribution in [3.05, 3.63) is 53.1 Å². The van der Waals surface area contributed by atoms with Gasteiger partial charge in [0.25, 0.3) is 5.91 Å². The van der Waals surface area contributed by atoms with E-state index in [4.69, 9.17) is 4.74 Å². The molecule has 1 fully saturated rings. The molecule has 32 heavy (non-hydrogen) atoms. The van der Waals surface area contributed by atoms with E-state index in [1.165, 1.54) is 23.5 Å². The van der Waals surface area contributed by atoms with Crippen molar-refractivity contribution in [2.75, 3.05) is 29.9 Å². The second-order valence-corrected chi connectivity index (χ2v) is 8.43. The van der Waals surface area contributed by atoms with Gasteiger partial charge in [-0.2, -0.15) is 0 Å². The Kier molecular flexibility index (Phi) is 6.41. The van der Waals surface area contributed by atoms with Gasteiger partial charge in [-0.15, -0.1) is 0 Å². The number of anilines is 2. The second kappa shape index (κ2) is 9.24. The third-order valence-corrected chi connectivity index (χ3v) is 5.93. The molecule has 1 saturated heterocycles. The van der Waals surface area contributed by atoms with Gasteiger partial charge in [0, 0.05) is 0 Å². The number of amides is 2. The molecule has 2 aromatic carbocycles. The first-order chi connectivity index (χ1) is 15.3. The Labute approximate surface area is 186 Å². The predicted molar refractivity (Wildman–Crippen MR) is 118 cm³/mol. The summed E-state index contributed by atoms with van der Waals surface area (Å²) in [6.45, 7) is 5.32. The summed E-state index contributed by atoms with van der Waals surface area (Å²) in [7, 11) is 0. The van der Waals surface area contributed by atoms with Gasteiger partial charge in [0.1, 0.15) is 5.82 Å². The first-order valence-electron chi connectivity index (χ1n) is 10.9. The number of likely N-dealkylation sites (tertiary alicyclic amines) is 1. The molecule has 0 bridgehead atoms. The number of piperidine rings is 1. The van der Waals surface area contributed by atoms with E-state index in [2.05, 4.69) is 10.2 Å². The van der Waals surface area contributed by atoms with Gasteiger partial charge in [0.2, 0.25) is 5.91 Å². The third-order valence-electron chi connectivity index (χ3n) is 5.93. The minimum Gasteiger partial charge on any atom is -0.476 e. The van der Waals surface area contributed by atoms with E-state index in [1.807, 2.05) is 0 Å². The SMILES string of the molecule is Cc1cc2c(c(F)c1NC(=O)CN1CCCCC1)OC(C)C(=O)N2Cc1ccc(F)cc1. The fourth-order valence-electron chi connectivity index (χ4n) is 4.21. The number of aryl methyl sites for hydroxylation is 1. The standard InChI is InChI=1S/C24H27F2N3O3/c1-15-12-19-23(21(26)22(15)27-20(30)14-28-10-4-3-5-11-28)32-16(2)24(31)29(19)13-17-6-8-18(25)9-7-17/h6-9,12,16H,3-5,10-11,13-14H2,1-2H3,(H,27,30). The van der Waals surface area contributed by atoms with E-state index in [-0.39, 0.29) is 42.2 Å². The van der Waals surface area contributed by atoms with E-state index >= 15 is 4.39 Å². The number of hydrogen-bond donors (Lipinski definition) is 1. The molecular weight excluding hydrogens is 416 g/mol. The van der Waals surface area contributed by atoms with Gasteiger partial charge in [-0.05, 0) is 69.1 Å². The molecule has 0 aromatic heterocycles. The van der Waals surface area contributed by atoms with E-state index in [0.29, 0.717) is 16.8 Å². The summed E-state index contributed by atoms with van der Waals surface area (Å²) in [4.78, 5) is 28.8. The zero-order valence-electron chi connectivity index (χ0n) is 18.3. The lowest BCUT2D eigenvalue weighted by molar-refractivity contribution is -0.125. The van der Waals surface area contributed by atoms with Crippen LogP contribution in [0.15, 0.2) is 30.3 Å². The molecule has 2 heterocycles. The molecule has 0 aliphatic carbocycles. The minimum absolute atomic E-state index is 0.0639. The van der Waals surface area contributed by atoms with Crippen molar-refractivity contribution in [2.24, 2.45) is 0 Å². The molecule has 2 amide bonds. The van der Waals surface area contributed by atoms with Gasteiger partial charge >= 0.3 is 0 Å².